The molecule has 0 aliphatic heterocycles. The first kappa shape index (κ1) is 7.72. The van der Waals surface area contributed by atoms with E-state index in [1.165, 1.54) is 0 Å². The number of hydrogen-bond donors (Lipinski definition) is 2. The van der Waals surface area contributed by atoms with Crippen LogP contribution in [0.25, 0.3) is 0 Å². The minimum Gasteiger partial charge on any atom is -0.396 e. The summed E-state index contributed by atoms with van der Waals surface area (Å²) in [6, 6.07) is 2.00. The second-order valence-electron chi connectivity index (χ2n) is 2.18. The summed E-state index contributed by atoms with van der Waals surface area (Å²) < 4.78 is 0. The largest absolute Gasteiger partial charge is 0.396 e. The van der Waals surface area contributed by atoms with Crippen molar-refractivity contribution in [3.8, 4) is 0 Å². The molecule has 0 aliphatic carbocycles. The van der Waals surface area contributed by atoms with Crippen LogP contribution in [0.3, 0.4) is 0 Å². The topological polar surface area (TPSA) is 46.2 Å². The molecule has 0 saturated carbocycles. The Morgan fingerprint density at radius 3 is 3.00 bits per heavy atom. The fourth-order valence-electron chi connectivity index (χ4n) is 0.792. The van der Waals surface area contributed by atoms with Crippen molar-refractivity contribution in [1.29, 1.82) is 0 Å². The highest BCUT2D eigenvalue weighted by Crippen LogP contribution is 2.15. The number of nitrogens with two attached hydrogens (primary N) is 1. The normalized spacial score (nSPS) is 13.4. The van der Waals surface area contributed by atoms with Gasteiger partial charge in [0, 0.05) is 12.6 Å². The summed E-state index contributed by atoms with van der Waals surface area (Å²) in [5, 5.41) is 12.6. The molecule has 0 spiro atoms. The number of hydrogen-bond acceptors (Lipinski definition) is 3. The van der Waals surface area contributed by atoms with Gasteiger partial charge in [0.25, 0.3) is 0 Å². The molecule has 0 saturated heterocycles. The summed E-state index contributed by atoms with van der Waals surface area (Å²) in [4.78, 5) is 0. The Balaban J connectivity index is 2.50. The molecule has 1 aromatic rings. The molecule has 1 heterocycles. The molecule has 0 unspecified atom stereocenters. The van der Waals surface area contributed by atoms with Gasteiger partial charge in [0.05, 0.1) is 0 Å². The van der Waals surface area contributed by atoms with Crippen LogP contribution in [0.15, 0.2) is 16.8 Å². The van der Waals surface area contributed by atoms with Gasteiger partial charge in [-0.05, 0) is 28.8 Å². The van der Waals surface area contributed by atoms with E-state index in [1.54, 1.807) is 11.3 Å². The molecule has 1 aromatic heterocycles. The molecular formula is C7H11NOS. The summed E-state index contributed by atoms with van der Waals surface area (Å²) in [5.74, 6) is 0. The minimum absolute atomic E-state index is 0.0104. The first-order valence-corrected chi connectivity index (χ1v) is 4.17. The highest BCUT2D eigenvalue weighted by molar-refractivity contribution is 7.07. The predicted octanol–water partition coefficient (Wildman–Crippen LogP) is 1.13. The van der Waals surface area contributed by atoms with Crippen molar-refractivity contribution in [3.05, 3.63) is 22.4 Å². The van der Waals surface area contributed by atoms with E-state index in [9.17, 15) is 0 Å². The highest BCUT2D eigenvalue weighted by atomic mass is 32.1. The average molecular weight is 157 g/mol. The van der Waals surface area contributed by atoms with E-state index in [2.05, 4.69) is 0 Å². The summed E-state index contributed by atoms with van der Waals surface area (Å²) in [6.07, 6.45) is 0.650. The monoisotopic (exact) mass is 157 g/mol. The van der Waals surface area contributed by atoms with Crippen LogP contribution in [0.2, 0.25) is 0 Å². The van der Waals surface area contributed by atoms with Crippen LogP contribution >= 0.6 is 11.3 Å². The molecule has 3 N–H and O–H groups in total. The summed E-state index contributed by atoms with van der Waals surface area (Å²) in [6.45, 7) is 0.164. The fraction of sp³-hybridized carbons (Fsp3) is 0.429. The second kappa shape index (κ2) is 3.71. The zero-order valence-corrected chi connectivity index (χ0v) is 6.47. The van der Waals surface area contributed by atoms with Crippen LogP contribution in [0.1, 0.15) is 18.0 Å². The number of rotatable bonds is 3. The Morgan fingerprint density at radius 1 is 1.70 bits per heavy atom. The number of aliphatic hydroxyl groups excluding tert-OH is 1. The highest BCUT2D eigenvalue weighted by Gasteiger charge is 2.03. The Kier molecular flexibility index (Phi) is 2.86. The molecule has 0 aromatic carbocycles. The lowest BCUT2D eigenvalue weighted by Gasteiger charge is -2.05. The van der Waals surface area contributed by atoms with Gasteiger partial charge in [0.1, 0.15) is 0 Å². The maximum absolute atomic E-state index is 8.56. The SMILES string of the molecule is N[C@H](CCO)c1ccsc1. The molecule has 0 amide bonds. The van der Waals surface area contributed by atoms with Crippen LogP contribution in [-0.2, 0) is 0 Å². The van der Waals surface area contributed by atoms with Crippen LogP contribution < -0.4 is 5.73 Å². The number of aliphatic hydroxyl groups is 1. The van der Waals surface area contributed by atoms with Gasteiger partial charge in [-0.1, -0.05) is 0 Å². The summed E-state index contributed by atoms with van der Waals surface area (Å²) in [5.41, 5.74) is 6.82. The Morgan fingerprint density at radius 2 is 2.50 bits per heavy atom. The van der Waals surface area contributed by atoms with Crippen molar-refractivity contribution < 1.29 is 5.11 Å². The number of thiophene rings is 1. The molecule has 10 heavy (non-hydrogen) atoms. The first-order valence-electron chi connectivity index (χ1n) is 3.23. The molecule has 1 atom stereocenters. The molecule has 3 heteroatoms. The van der Waals surface area contributed by atoms with Crippen molar-refractivity contribution in [3.63, 3.8) is 0 Å². The summed E-state index contributed by atoms with van der Waals surface area (Å²) in [7, 11) is 0. The Hall–Kier alpha value is -0.380. The van der Waals surface area contributed by atoms with Gasteiger partial charge in [-0.2, -0.15) is 11.3 Å². The van der Waals surface area contributed by atoms with Gasteiger partial charge in [-0.25, -0.2) is 0 Å². The third-order valence-electron chi connectivity index (χ3n) is 1.41. The van der Waals surface area contributed by atoms with Gasteiger partial charge in [-0.15, -0.1) is 0 Å². The average Bonchev–Trinajstić information content (AvgIpc) is 2.38. The zero-order valence-electron chi connectivity index (χ0n) is 5.66. The standard InChI is InChI=1S/C7H11NOS/c8-7(1-3-9)6-2-4-10-5-6/h2,4-5,7,9H,1,3,8H2/t7-/m1/s1. The van der Waals surface area contributed by atoms with E-state index < -0.39 is 0 Å². The van der Waals surface area contributed by atoms with E-state index in [1.807, 2.05) is 16.8 Å². The minimum atomic E-state index is 0.0104. The maximum Gasteiger partial charge on any atom is 0.0449 e. The van der Waals surface area contributed by atoms with Gasteiger partial charge >= 0.3 is 0 Å². The second-order valence-corrected chi connectivity index (χ2v) is 2.96. The van der Waals surface area contributed by atoms with E-state index in [4.69, 9.17) is 10.8 Å². The summed E-state index contributed by atoms with van der Waals surface area (Å²) >= 11 is 1.63. The third kappa shape index (κ3) is 1.80. The van der Waals surface area contributed by atoms with Crippen LogP contribution in [0, 0.1) is 0 Å². The Bertz CT molecular complexity index is 174. The molecule has 0 aliphatic rings. The third-order valence-corrected chi connectivity index (χ3v) is 2.11. The van der Waals surface area contributed by atoms with Gasteiger partial charge in [0.2, 0.25) is 0 Å². The van der Waals surface area contributed by atoms with E-state index >= 15 is 0 Å². The van der Waals surface area contributed by atoms with Crippen molar-refractivity contribution in [2.24, 2.45) is 5.73 Å². The van der Waals surface area contributed by atoms with E-state index in [0.29, 0.717) is 6.42 Å². The van der Waals surface area contributed by atoms with Gasteiger partial charge in [-0.3, -0.25) is 0 Å². The van der Waals surface area contributed by atoms with Crippen LogP contribution in [0.4, 0.5) is 0 Å². The lowest BCUT2D eigenvalue weighted by atomic mass is 10.1. The van der Waals surface area contributed by atoms with Gasteiger partial charge < -0.3 is 10.8 Å². The van der Waals surface area contributed by atoms with Crippen LogP contribution in [-0.4, -0.2) is 11.7 Å². The quantitative estimate of drug-likeness (QED) is 0.691. The lowest BCUT2D eigenvalue weighted by Crippen LogP contribution is -2.10. The van der Waals surface area contributed by atoms with E-state index in [-0.39, 0.29) is 12.6 Å². The molecule has 0 bridgehead atoms. The molecule has 0 radical (unpaired) electrons. The predicted molar refractivity (Wildman–Crippen MR) is 43.0 cm³/mol. The van der Waals surface area contributed by atoms with Crippen molar-refractivity contribution in [1.82, 2.24) is 0 Å². The van der Waals surface area contributed by atoms with Crippen molar-refractivity contribution in [2.45, 2.75) is 12.5 Å². The molecule has 2 nitrogen and oxygen atoms in total. The molecule has 0 fully saturated rings. The molecular weight excluding hydrogens is 146 g/mol. The van der Waals surface area contributed by atoms with Crippen molar-refractivity contribution >= 4 is 11.3 Å². The van der Waals surface area contributed by atoms with Gasteiger partial charge in [0.15, 0.2) is 0 Å². The van der Waals surface area contributed by atoms with Crippen LogP contribution in [0.5, 0.6) is 0 Å². The molecule has 56 valence electrons. The lowest BCUT2D eigenvalue weighted by molar-refractivity contribution is 0.276. The Labute approximate surface area is 64.3 Å². The van der Waals surface area contributed by atoms with Crippen molar-refractivity contribution in [2.75, 3.05) is 6.61 Å². The maximum atomic E-state index is 8.56. The fourth-order valence-corrected chi connectivity index (χ4v) is 1.52. The smallest absolute Gasteiger partial charge is 0.0449 e. The first-order chi connectivity index (χ1) is 4.84. The molecule has 1 rings (SSSR count). The zero-order chi connectivity index (χ0) is 7.40. The van der Waals surface area contributed by atoms with E-state index in [0.717, 1.165) is 5.56 Å².